The molecule has 1 aromatic carbocycles. The van der Waals surface area contributed by atoms with Gasteiger partial charge in [-0.05, 0) is 26.0 Å². The highest BCUT2D eigenvalue weighted by atomic mass is 32.1. The van der Waals surface area contributed by atoms with Crippen LogP contribution in [0.25, 0.3) is 0 Å². The van der Waals surface area contributed by atoms with E-state index in [4.69, 9.17) is 0 Å². The van der Waals surface area contributed by atoms with Gasteiger partial charge in [0.2, 0.25) is 0 Å². The number of benzene rings is 1. The molecular weight excluding hydrogens is 352 g/mol. The fourth-order valence-electron chi connectivity index (χ4n) is 2.85. The number of nitrogens with zero attached hydrogens (tertiary/aromatic N) is 3. The van der Waals surface area contributed by atoms with Crippen molar-refractivity contribution in [2.45, 2.75) is 19.9 Å². The first kappa shape index (κ1) is 18.2. The van der Waals surface area contributed by atoms with Crippen LogP contribution >= 0.6 is 11.3 Å². The Balaban J connectivity index is 1.54. The van der Waals surface area contributed by atoms with Crippen molar-refractivity contribution in [1.82, 2.24) is 20.1 Å². The maximum atomic E-state index is 12.5. The molecule has 8 heteroatoms. The largest absolute Gasteiger partial charge is 0.507 e. The number of amides is 3. The number of para-hydroxylation sites is 1. The van der Waals surface area contributed by atoms with E-state index >= 15 is 0 Å². The fraction of sp³-hybridized carbons (Fsp3) is 0.389. The van der Waals surface area contributed by atoms with E-state index < -0.39 is 0 Å². The van der Waals surface area contributed by atoms with Crippen LogP contribution in [0.15, 0.2) is 30.5 Å². The topological polar surface area (TPSA) is 85.8 Å². The minimum atomic E-state index is -0.213. The summed E-state index contributed by atoms with van der Waals surface area (Å²) >= 11 is 1.57. The van der Waals surface area contributed by atoms with E-state index in [1.807, 2.05) is 13.8 Å². The second-order valence-corrected chi connectivity index (χ2v) is 7.54. The van der Waals surface area contributed by atoms with Crippen LogP contribution in [0.1, 0.15) is 33.2 Å². The zero-order valence-corrected chi connectivity index (χ0v) is 15.6. The van der Waals surface area contributed by atoms with Crippen LogP contribution in [0, 0.1) is 6.92 Å². The lowest BCUT2D eigenvalue weighted by Crippen LogP contribution is -2.53. The summed E-state index contributed by atoms with van der Waals surface area (Å²) in [5.74, 6) is -0.236. The summed E-state index contributed by atoms with van der Waals surface area (Å²) in [5, 5.41) is 13.7. The zero-order valence-electron chi connectivity index (χ0n) is 14.8. The number of rotatable bonds is 3. The normalized spacial score (nSPS) is 15.6. The molecule has 1 saturated heterocycles. The molecule has 1 aliphatic rings. The van der Waals surface area contributed by atoms with Gasteiger partial charge in [0.1, 0.15) is 10.8 Å². The van der Waals surface area contributed by atoms with Gasteiger partial charge in [-0.15, -0.1) is 11.3 Å². The monoisotopic (exact) mass is 374 g/mol. The number of carbonyl (C=O) groups is 2. The number of phenolic OH excluding ortho intramolecular Hbond substituents is 1. The molecule has 2 N–H and O–H groups in total. The molecule has 26 heavy (non-hydrogen) atoms. The predicted octanol–water partition coefficient (Wildman–Crippen LogP) is 2.39. The number of carbonyl (C=O) groups excluding carboxylic acids is 2. The molecule has 1 atom stereocenters. The number of phenols is 1. The van der Waals surface area contributed by atoms with E-state index in [1.54, 1.807) is 45.5 Å². The lowest BCUT2D eigenvalue weighted by molar-refractivity contribution is 0.0660. The van der Waals surface area contributed by atoms with E-state index in [0.717, 1.165) is 9.88 Å². The molecule has 138 valence electrons. The summed E-state index contributed by atoms with van der Waals surface area (Å²) in [4.78, 5) is 33.7. The van der Waals surface area contributed by atoms with Crippen LogP contribution < -0.4 is 5.32 Å². The summed E-state index contributed by atoms with van der Waals surface area (Å²) in [6.07, 6.45) is 1.80. The smallest absolute Gasteiger partial charge is 0.318 e. The molecule has 3 rings (SSSR count). The lowest BCUT2D eigenvalue weighted by Gasteiger charge is -2.35. The SMILES string of the molecule is Cc1cnc(C(C)NC(=O)N2CCN(C(=O)c3ccccc3O)CC2)s1. The van der Waals surface area contributed by atoms with Crippen molar-refractivity contribution in [1.29, 1.82) is 0 Å². The number of thiazole rings is 1. The van der Waals surface area contributed by atoms with Gasteiger partial charge in [-0.25, -0.2) is 9.78 Å². The molecule has 0 radical (unpaired) electrons. The summed E-state index contributed by atoms with van der Waals surface area (Å²) in [5.41, 5.74) is 0.290. The Morgan fingerprint density at radius 1 is 1.19 bits per heavy atom. The molecule has 1 fully saturated rings. The van der Waals surface area contributed by atoms with Gasteiger partial charge in [-0.1, -0.05) is 12.1 Å². The van der Waals surface area contributed by atoms with Gasteiger partial charge < -0.3 is 20.2 Å². The van der Waals surface area contributed by atoms with Gasteiger partial charge in [0.25, 0.3) is 5.91 Å². The number of aryl methyl sites for hydroxylation is 1. The van der Waals surface area contributed by atoms with Crippen molar-refractivity contribution in [3.05, 3.63) is 45.9 Å². The highest BCUT2D eigenvalue weighted by Crippen LogP contribution is 2.20. The molecule has 0 saturated carbocycles. The molecule has 2 heterocycles. The highest BCUT2D eigenvalue weighted by molar-refractivity contribution is 7.11. The van der Waals surface area contributed by atoms with E-state index in [2.05, 4.69) is 10.3 Å². The molecule has 1 unspecified atom stereocenters. The Kier molecular flexibility index (Phi) is 5.41. The molecule has 3 amide bonds. The molecule has 0 aliphatic carbocycles. The number of aromatic hydroxyl groups is 1. The van der Waals surface area contributed by atoms with Crippen LogP contribution in [-0.2, 0) is 0 Å². The Hall–Kier alpha value is -2.61. The summed E-state index contributed by atoms with van der Waals surface area (Å²) < 4.78 is 0. The number of hydrogen-bond acceptors (Lipinski definition) is 5. The van der Waals surface area contributed by atoms with Crippen molar-refractivity contribution in [3.63, 3.8) is 0 Å². The van der Waals surface area contributed by atoms with Crippen LogP contribution in [0.3, 0.4) is 0 Å². The number of nitrogens with one attached hydrogen (secondary N) is 1. The number of urea groups is 1. The van der Waals surface area contributed by atoms with E-state index in [9.17, 15) is 14.7 Å². The Labute approximate surface area is 156 Å². The zero-order chi connectivity index (χ0) is 18.7. The first-order valence-electron chi connectivity index (χ1n) is 8.50. The highest BCUT2D eigenvalue weighted by Gasteiger charge is 2.27. The second-order valence-electron chi connectivity index (χ2n) is 6.28. The molecule has 0 spiro atoms. The van der Waals surface area contributed by atoms with Crippen LogP contribution in [0.2, 0.25) is 0 Å². The van der Waals surface area contributed by atoms with Gasteiger partial charge >= 0.3 is 6.03 Å². The van der Waals surface area contributed by atoms with Crippen molar-refractivity contribution >= 4 is 23.3 Å². The van der Waals surface area contributed by atoms with Crippen LogP contribution in [0.5, 0.6) is 5.75 Å². The van der Waals surface area contributed by atoms with E-state index in [-0.39, 0.29) is 29.3 Å². The Morgan fingerprint density at radius 2 is 1.85 bits per heavy atom. The molecule has 0 bridgehead atoms. The average molecular weight is 374 g/mol. The van der Waals surface area contributed by atoms with Crippen molar-refractivity contribution < 1.29 is 14.7 Å². The lowest BCUT2D eigenvalue weighted by atomic mass is 10.1. The van der Waals surface area contributed by atoms with Gasteiger partial charge in [0, 0.05) is 37.3 Å². The van der Waals surface area contributed by atoms with Crippen molar-refractivity contribution in [2.75, 3.05) is 26.2 Å². The molecular formula is C18H22N4O3S. The third-order valence-corrected chi connectivity index (χ3v) is 5.43. The first-order chi connectivity index (χ1) is 12.5. The Morgan fingerprint density at radius 3 is 2.46 bits per heavy atom. The molecule has 1 aliphatic heterocycles. The van der Waals surface area contributed by atoms with Gasteiger partial charge in [-0.3, -0.25) is 4.79 Å². The van der Waals surface area contributed by atoms with Gasteiger partial charge in [0.15, 0.2) is 0 Å². The van der Waals surface area contributed by atoms with Gasteiger partial charge in [0.05, 0.1) is 11.6 Å². The maximum Gasteiger partial charge on any atom is 0.318 e. The number of piperazine rings is 1. The number of hydrogen-bond donors (Lipinski definition) is 2. The molecule has 1 aromatic heterocycles. The van der Waals surface area contributed by atoms with Crippen molar-refractivity contribution in [2.24, 2.45) is 0 Å². The predicted molar refractivity (Wildman–Crippen MR) is 99.4 cm³/mol. The van der Waals surface area contributed by atoms with Gasteiger partial charge in [-0.2, -0.15) is 0 Å². The molecule has 2 aromatic rings. The van der Waals surface area contributed by atoms with E-state index in [0.29, 0.717) is 26.2 Å². The van der Waals surface area contributed by atoms with Crippen LogP contribution in [0.4, 0.5) is 4.79 Å². The maximum absolute atomic E-state index is 12.5. The minimum absolute atomic E-state index is 0.0229. The third kappa shape index (κ3) is 3.96. The quantitative estimate of drug-likeness (QED) is 0.864. The fourth-order valence-corrected chi connectivity index (χ4v) is 3.62. The van der Waals surface area contributed by atoms with Crippen LogP contribution in [-0.4, -0.2) is 58.0 Å². The second kappa shape index (κ2) is 7.74. The summed E-state index contributed by atoms with van der Waals surface area (Å²) in [6, 6.07) is 6.20. The van der Waals surface area contributed by atoms with E-state index in [1.165, 1.54) is 6.07 Å². The standard InChI is InChI=1S/C18H22N4O3S/c1-12-11-19-16(26-12)13(2)20-18(25)22-9-7-21(8-10-22)17(24)14-5-3-4-6-15(14)23/h3-6,11,13,23H,7-10H2,1-2H3,(H,20,25). The summed E-state index contributed by atoms with van der Waals surface area (Å²) in [6.45, 7) is 5.67. The Bertz CT molecular complexity index is 799. The first-order valence-corrected chi connectivity index (χ1v) is 9.32. The molecule has 7 nitrogen and oxygen atoms in total. The average Bonchev–Trinajstić information content (AvgIpc) is 3.08. The summed E-state index contributed by atoms with van der Waals surface area (Å²) in [7, 11) is 0. The third-order valence-electron chi connectivity index (χ3n) is 4.34. The number of aromatic nitrogens is 1. The van der Waals surface area contributed by atoms with Crippen molar-refractivity contribution in [3.8, 4) is 5.75 Å². The minimum Gasteiger partial charge on any atom is -0.507 e.